The lowest BCUT2D eigenvalue weighted by Gasteiger charge is -2.17. The van der Waals surface area contributed by atoms with Crippen LogP contribution in [-0.2, 0) is 6.42 Å². The highest BCUT2D eigenvalue weighted by Gasteiger charge is 2.15. The van der Waals surface area contributed by atoms with E-state index >= 15 is 0 Å². The van der Waals surface area contributed by atoms with Crippen molar-refractivity contribution in [3.05, 3.63) is 65.7 Å². The number of nitrogens with one attached hydrogen (secondary N) is 1. The Bertz CT molecular complexity index is 786. The van der Waals surface area contributed by atoms with Crippen molar-refractivity contribution in [2.75, 3.05) is 21.3 Å². The SMILES string of the molecule is C=CCc1cc(C(=O)N[C@H](C)c2ccc(OC)c(OC)c2)ccc1OC. The number of carbonyl (C=O) groups is 1. The van der Waals surface area contributed by atoms with Gasteiger partial charge in [-0.1, -0.05) is 12.1 Å². The third-order valence-corrected chi connectivity index (χ3v) is 4.16. The van der Waals surface area contributed by atoms with Gasteiger partial charge in [-0.2, -0.15) is 0 Å². The predicted octanol–water partition coefficient (Wildman–Crippen LogP) is 3.93. The number of ether oxygens (including phenoxy) is 3. The molecular weight excluding hydrogens is 330 g/mol. The number of benzene rings is 2. The summed E-state index contributed by atoms with van der Waals surface area (Å²) < 4.78 is 15.9. The molecule has 1 amide bonds. The second kappa shape index (κ2) is 8.94. The van der Waals surface area contributed by atoms with Crippen LogP contribution < -0.4 is 19.5 Å². The average molecular weight is 355 g/mol. The molecule has 0 aromatic heterocycles. The van der Waals surface area contributed by atoms with Gasteiger partial charge in [-0.05, 0) is 54.8 Å². The van der Waals surface area contributed by atoms with Gasteiger partial charge in [0, 0.05) is 5.56 Å². The van der Waals surface area contributed by atoms with E-state index in [0.717, 1.165) is 16.9 Å². The van der Waals surface area contributed by atoms with Crippen molar-refractivity contribution in [3.8, 4) is 17.2 Å². The Labute approximate surface area is 154 Å². The summed E-state index contributed by atoms with van der Waals surface area (Å²) in [6.45, 7) is 5.67. The van der Waals surface area contributed by atoms with Gasteiger partial charge >= 0.3 is 0 Å². The minimum Gasteiger partial charge on any atom is -0.496 e. The largest absolute Gasteiger partial charge is 0.496 e. The van der Waals surface area contributed by atoms with E-state index in [2.05, 4.69) is 11.9 Å². The molecule has 2 aromatic rings. The Morgan fingerprint density at radius 3 is 2.31 bits per heavy atom. The van der Waals surface area contributed by atoms with Gasteiger partial charge in [0.25, 0.3) is 5.91 Å². The van der Waals surface area contributed by atoms with Crippen LogP contribution in [0.5, 0.6) is 17.2 Å². The molecule has 138 valence electrons. The summed E-state index contributed by atoms with van der Waals surface area (Å²) in [5.41, 5.74) is 2.43. The van der Waals surface area contributed by atoms with Crippen LogP contribution in [0.25, 0.3) is 0 Å². The van der Waals surface area contributed by atoms with Crippen molar-refractivity contribution in [3.63, 3.8) is 0 Å². The normalized spacial score (nSPS) is 11.4. The molecule has 0 aliphatic carbocycles. The number of rotatable bonds is 8. The lowest BCUT2D eigenvalue weighted by atomic mass is 10.0. The van der Waals surface area contributed by atoms with E-state index in [1.807, 2.05) is 31.2 Å². The van der Waals surface area contributed by atoms with Crippen LogP contribution >= 0.6 is 0 Å². The molecule has 5 heteroatoms. The molecule has 0 aliphatic heterocycles. The van der Waals surface area contributed by atoms with E-state index < -0.39 is 0 Å². The van der Waals surface area contributed by atoms with Crippen molar-refractivity contribution >= 4 is 5.91 Å². The second-order valence-corrected chi connectivity index (χ2v) is 5.83. The van der Waals surface area contributed by atoms with E-state index in [-0.39, 0.29) is 11.9 Å². The molecule has 0 spiro atoms. The summed E-state index contributed by atoms with van der Waals surface area (Å²) in [4.78, 5) is 12.6. The maximum absolute atomic E-state index is 12.6. The molecule has 0 fully saturated rings. The van der Waals surface area contributed by atoms with Gasteiger partial charge in [-0.25, -0.2) is 0 Å². The maximum atomic E-state index is 12.6. The zero-order valence-electron chi connectivity index (χ0n) is 15.7. The van der Waals surface area contributed by atoms with E-state index in [0.29, 0.717) is 23.5 Å². The highest BCUT2D eigenvalue weighted by atomic mass is 16.5. The third kappa shape index (κ3) is 4.36. The Morgan fingerprint density at radius 2 is 1.69 bits per heavy atom. The Kier molecular flexibility index (Phi) is 6.67. The minimum absolute atomic E-state index is 0.153. The smallest absolute Gasteiger partial charge is 0.251 e. The Hall–Kier alpha value is -2.95. The van der Waals surface area contributed by atoms with Gasteiger partial charge < -0.3 is 19.5 Å². The molecule has 1 N–H and O–H groups in total. The molecule has 0 radical (unpaired) electrons. The van der Waals surface area contributed by atoms with Gasteiger partial charge in [0.15, 0.2) is 11.5 Å². The summed E-state index contributed by atoms with van der Waals surface area (Å²) in [5.74, 6) is 1.87. The van der Waals surface area contributed by atoms with E-state index in [9.17, 15) is 4.79 Å². The van der Waals surface area contributed by atoms with Crippen molar-refractivity contribution in [2.45, 2.75) is 19.4 Å². The number of hydrogen-bond donors (Lipinski definition) is 1. The van der Waals surface area contributed by atoms with Crippen LogP contribution in [0.15, 0.2) is 49.1 Å². The average Bonchev–Trinajstić information content (AvgIpc) is 2.67. The van der Waals surface area contributed by atoms with Crippen molar-refractivity contribution in [2.24, 2.45) is 0 Å². The second-order valence-electron chi connectivity index (χ2n) is 5.83. The van der Waals surface area contributed by atoms with E-state index in [1.165, 1.54) is 0 Å². The molecule has 0 aliphatic rings. The topological polar surface area (TPSA) is 56.8 Å². The van der Waals surface area contributed by atoms with Crippen LogP contribution in [-0.4, -0.2) is 27.2 Å². The quantitative estimate of drug-likeness (QED) is 0.729. The predicted molar refractivity (Wildman–Crippen MR) is 102 cm³/mol. The first-order valence-corrected chi connectivity index (χ1v) is 8.34. The fourth-order valence-electron chi connectivity index (χ4n) is 2.72. The number of amides is 1. The van der Waals surface area contributed by atoms with Gasteiger partial charge in [0.05, 0.1) is 27.4 Å². The van der Waals surface area contributed by atoms with Crippen LogP contribution in [0.3, 0.4) is 0 Å². The molecule has 2 rings (SSSR count). The van der Waals surface area contributed by atoms with Gasteiger partial charge in [0.2, 0.25) is 0 Å². The van der Waals surface area contributed by atoms with E-state index in [1.54, 1.807) is 39.5 Å². The first kappa shape index (κ1) is 19.4. The maximum Gasteiger partial charge on any atom is 0.251 e. The first-order valence-electron chi connectivity index (χ1n) is 8.34. The first-order chi connectivity index (χ1) is 12.5. The molecule has 0 saturated carbocycles. The molecular formula is C21H25NO4. The standard InChI is InChI=1S/C21H25NO4/c1-6-7-16-12-17(9-10-18(16)24-3)21(23)22-14(2)15-8-11-19(25-4)20(13-15)26-5/h6,8-14H,1,7H2,2-5H3,(H,22,23)/t14-/m1/s1. The number of allylic oxidation sites excluding steroid dienone is 1. The summed E-state index contributed by atoms with van der Waals surface area (Å²) in [5, 5.41) is 3.01. The molecule has 5 nitrogen and oxygen atoms in total. The third-order valence-electron chi connectivity index (χ3n) is 4.16. The molecule has 1 atom stereocenters. The zero-order chi connectivity index (χ0) is 19.1. The monoisotopic (exact) mass is 355 g/mol. The van der Waals surface area contributed by atoms with Crippen molar-refractivity contribution in [1.82, 2.24) is 5.32 Å². The minimum atomic E-state index is -0.188. The number of methoxy groups -OCH3 is 3. The Balaban J connectivity index is 2.18. The molecule has 2 aromatic carbocycles. The van der Waals surface area contributed by atoms with Gasteiger partial charge in [-0.3, -0.25) is 4.79 Å². The molecule has 0 saturated heterocycles. The fraction of sp³-hybridized carbons (Fsp3) is 0.286. The van der Waals surface area contributed by atoms with E-state index in [4.69, 9.17) is 14.2 Å². The zero-order valence-corrected chi connectivity index (χ0v) is 15.7. The van der Waals surface area contributed by atoms with Gasteiger partial charge in [0.1, 0.15) is 5.75 Å². The van der Waals surface area contributed by atoms with Crippen LogP contribution in [0.2, 0.25) is 0 Å². The summed E-state index contributed by atoms with van der Waals surface area (Å²) in [6, 6.07) is 10.8. The molecule has 26 heavy (non-hydrogen) atoms. The van der Waals surface area contributed by atoms with Crippen molar-refractivity contribution in [1.29, 1.82) is 0 Å². The van der Waals surface area contributed by atoms with Crippen molar-refractivity contribution < 1.29 is 19.0 Å². The van der Waals surface area contributed by atoms with Crippen LogP contribution in [0.4, 0.5) is 0 Å². The lowest BCUT2D eigenvalue weighted by Crippen LogP contribution is -2.26. The fourth-order valence-corrected chi connectivity index (χ4v) is 2.72. The number of hydrogen-bond acceptors (Lipinski definition) is 4. The molecule has 0 heterocycles. The molecule has 0 bridgehead atoms. The molecule has 0 unspecified atom stereocenters. The van der Waals surface area contributed by atoms with Crippen LogP contribution in [0, 0.1) is 0 Å². The summed E-state index contributed by atoms with van der Waals surface area (Å²) in [6.07, 6.45) is 2.42. The van der Waals surface area contributed by atoms with Crippen LogP contribution in [0.1, 0.15) is 34.5 Å². The lowest BCUT2D eigenvalue weighted by molar-refractivity contribution is 0.0939. The summed E-state index contributed by atoms with van der Waals surface area (Å²) in [7, 11) is 4.79. The highest BCUT2D eigenvalue weighted by Crippen LogP contribution is 2.30. The summed E-state index contributed by atoms with van der Waals surface area (Å²) >= 11 is 0. The number of carbonyl (C=O) groups excluding carboxylic acids is 1. The Morgan fingerprint density at radius 1 is 1.04 bits per heavy atom. The van der Waals surface area contributed by atoms with Gasteiger partial charge in [-0.15, -0.1) is 6.58 Å². The highest BCUT2D eigenvalue weighted by molar-refractivity contribution is 5.94.